The average Bonchev–Trinajstić information content (AvgIpc) is 3.06. The minimum Gasteiger partial charge on any atom is -0.493 e. The van der Waals surface area contributed by atoms with Crippen LogP contribution in [-0.2, 0) is 11.4 Å². The highest BCUT2D eigenvalue weighted by Crippen LogP contribution is 2.36. The Morgan fingerprint density at radius 1 is 1.09 bits per heavy atom. The van der Waals surface area contributed by atoms with Crippen LogP contribution < -0.4 is 9.47 Å². The molecule has 1 saturated carbocycles. The number of imide groups is 1. The van der Waals surface area contributed by atoms with E-state index in [2.05, 4.69) is 0 Å². The molecule has 0 N–H and O–H groups in total. The van der Waals surface area contributed by atoms with E-state index in [-0.39, 0.29) is 23.6 Å². The lowest BCUT2D eigenvalue weighted by Gasteiger charge is -2.25. The van der Waals surface area contributed by atoms with Crippen LogP contribution in [-0.4, -0.2) is 29.7 Å². The van der Waals surface area contributed by atoms with Gasteiger partial charge in [-0.3, -0.25) is 14.5 Å². The van der Waals surface area contributed by atoms with Gasteiger partial charge in [-0.2, -0.15) is 0 Å². The van der Waals surface area contributed by atoms with Gasteiger partial charge < -0.3 is 9.47 Å². The smallest absolute Gasteiger partial charge is 0.293 e. The van der Waals surface area contributed by atoms with E-state index >= 15 is 0 Å². The molecule has 168 valence electrons. The number of thioether (sulfide) groups is 1. The number of ether oxygens (including phenoxy) is 2. The van der Waals surface area contributed by atoms with Gasteiger partial charge in [0.2, 0.25) is 0 Å². The van der Waals surface area contributed by atoms with Gasteiger partial charge in [-0.05, 0) is 72.0 Å². The van der Waals surface area contributed by atoms with Crippen LogP contribution >= 0.6 is 11.8 Å². The van der Waals surface area contributed by atoms with E-state index in [4.69, 9.17) is 9.47 Å². The summed E-state index contributed by atoms with van der Waals surface area (Å²) in [4.78, 5) is 27.1. The normalized spacial score (nSPS) is 18.4. The van der Waals surface area contributed by atoms with Crippen LogP contribution in [0.2, 0.25) is 0 Å². The third-order valence-corrected chi connectivity index (χ3v) is 6.72. The molecule has 7 heteroatoms. The summed E-state index contributed by atoms with van der Waals surface area (Å²) in [6.07, 6.45) is 7.45. The summed E-state index contributed by atoms with van der Waals surface area (Å²) < 4.78 is 24.6. The van der Waals surface area contributed by atoms with Crippen molar-refractivity contribution in [3.8, 4) is 11.5 Å². The third kappa shape index (κ3) is 5.33. The van der Waals surface area contributed by atoms with Crippen LogP contribution in [0.25, 0.3) is 6.08 Å². The fourth-order valence-electron chi connectivity index (χ4n) is 4.12. The first kappa shape index (κ1) is 22.4. The number of benzene rings is 2. The van der Waals surface area contributed by atoms with Crippen molar-refractivity contribution in [3.05, 3.63) is 64.3 Å². The SMILES string of the molecule is COc1cc(/C=C2/SC(=O)N(CC3CCCCC3)C2=O)ccc1OCc1cccc(F)c1. The van der Waals surface area contributed by atoms with Crippen molar-refractivity contribution in [2.75, 3.05) is 13.7 Å². The summed E-state index contributed by atoms with van der Waals surface area (Å²) in [6, 6.07) is 11.5. The minimum absolute atomic E-state index is 0.200. The Hall–Kier alpha value is -2.80. The fourth-order valence-corrected chi connectivity index (χ4v) is 4.97. The molecule has 1 aliphatic heterocycles. The molecule has 2 aliphatic rings. The molecule has 2 aromatic rings. The standard InChI is InChI=1S/C25H26FNO4S/c1-30-22-13-18(10-11-21(22)31-16-19-8-5-9-20(26)12-19)14-23-24(28)27(25(29)32-23)15-17-6-3-2-4-7-17/h5,8-14,17H,2-4,6-7,15-16H2,1H3/b23-14+. The second-order valence-electron chi connectivity index (χ2n) is 8.13. The van der Waals surface area contributed by atoms with E-state index in [0.29, 0.717) is 34.4 Å². The van der Waals surface area contributed by atoms with Crippen molar-refractivity contribution in [1.29, 1.82) is 0 Å². The van der Waals surface area contributed by atoms with Crippen LogP contribution in [0.4, 0.5) is 9.18 Å². The number of carbonyl (C=O) groups is 2. The highest BCUT2D eigenvalue weighted by Gasteiger charge is 2.36. The van der Waals surface area contributed by atoms with Crippen LogP contribution in [0.15, 0.2) is 47.4 Å². The summed E-state index contributed by atoms with van der Waals surface area (Å²) in [5, 5.41) is -0.200. The van der Waals surface area contributed by atoms with E-state index in [1.807, 2.05) is 0 Å². The predicted octanol–water partition coefficient (Wildman–Crippen LogP) is 6.03. The van der Waals surface area contributed by atoms with E-state index in [1.54, 1.807) is 36.4 Å². The highest BCUT2D eigenvalue weighted by molar-refractivity contribution is 8.18. The molecule has 2 amide bonds. The molecule has 5 nitrogen and oxygen atoms in total. The molecule has 0 unspecified atom stereocenters. The number of amides is 2. The predicted molar refractivity (Wildman–Crippen MR) is 123 cm³/mol. The molecule has 1 aliphatic carbocycles. The molecule has 4 rings (SSSR count). The van der Waals surface area contributed by atoms with Crippen molar-refractivity contribution in [1.82, 2.24) is 4.90 Å². The maximum atomic E-state index is 13.4. The number of nitrogens with zero attached hydrogens (tertiary/aromatic N) is 1. The Balaban J connectivity index is 1.45. The zero-order valence-electron chi connectivity index (χ0n) is 18.0. The number of rotatable bonds is 7. The van der Waals surface area contributed by atoms with Crippen molar-refractivity contribution in [2.45, 2.75) is 38.7 Å². The van der Waals surface area contributed by atoms with Gasteiger partial charge in [0.1, 0.15) is 12.4 Å². The molecular formula is C25H26FNO4S. The first-order chi connectivity index (χ1) is 15.5. The number of hydrogen-bond donors (Lipinski definition) is 0. The van der Waals surface area contributed by atoms with E-state index in [9.17, 15) is 14.0 Å². The molecular weight excluding hydrogens is 429 g/mol. The minimum atomic E-state index is -0.314. The molecule has 32 heavy (non-hydrogen) atoms. The Morgan fingerprint density at radius 2 is 1.91 bits per heavy atom. The van der Waals surface area contributed by atoms with Crippen LogP contribution in [0.3, 0.4) is 0 Å². The van der Waals surface area contributed by atoms with Gasteiger partial charge in [0, 0.05) is 6.54 Å². The molecule has 1 heterocycles. The average molecular weight is 456 g/mol. The van der Waals surface area contributed by atoms with E-state index in [1.165, 1.54) is 43.4 Å². The molecule has 0 spiro atoms. The molecule has 0 radical (unpaired) electrons. The second-order valence-corrected chi connectivity index (χ2v) is 9.12. The first-order valence-corrected chi connectivity index (χ1v) is 11.7. The third-order valence-electron chi connectivity index (χ3n) is 5.81. The second kappa shape index (κ2) is 10.2. The van der Waals surface area contributed by atoms with Gasteiger partial charge in [0.05, 0.1) is 12.0 Å². The van der Waals surface area contributed by atoms with Gasteiger partial charge in [-0.25, -0.2) is 4.39 Å². The summed E-state index contributed by atoms with van der Waals surface area (Å²) in [5.41, 5.74) is 1.45. The van der Waals surface area contributed by atoms with Crippen molar-refractivity contribution >= 4 is 29.0 Å². The molecule has 0 bridgehead atoms. The van der Waals surface area contributed by atoms with Crippen molar-refractivity contribution in [2.24, 2.45) is 5.92 Å². The summed E-state index contributed by atoms with van der Waals surface area (Å²) >= 11 is 0.983. The van der Waals surface area contributed by atoms with Gasteiger partial charge >= 0.3 is 0 Å². The van der Waals surface area contributed by atoms with Gasteiger partial charge in [0.25, 0.3) is 11.1 Å². The Morgan fingerprint density at radius 3 is 2.66 bits per heavy atom. The molecule has 0 aromatic heterocycles. The molecule has 2 fully saturated rings. The monoisotopic (exact) mass is 455 g/mol. The zero-order valence-corrected chi connectivity index (χ0v) is 18.8. The van der Waals surface area contributed by atoms with Crippen LogP contribution in [0, 0.1) is 11.7 Å². The molecule has 1 saturated heterocycles. The van der Waals surface area contributed by atoms with Crippen LogP contribution in [0.1, 0.15) is 43.2 Å². The number of halogens is 1. The number of hydrogen-bond acceptors (Lipinski definition) is 5. The topological polar surface area (TPSA) is 55.8 Å². The molecule has 2 aromatic carbocycles. The summed E-state index contributed by atoms with van der Waals surface area (Å²) in [7, 11) is 1.53. The molecule has 0 atom stereocenters. The maximum Gasteiger partial charge on any atom is 0.293 e. The largest absolute Gasteiger partial charge is 0.493 e. The summed E-state index contributed by atoms with van der Waals surface area (Å²) in [5.74, 6) is 0.879. The lowest BCUT2D eigenvalue weighted by Crippen LogP contribution is -2.34. The Bertz CT molecular complexity index is 1030. The Labute approximate surface area is 191 Å². The highest BCUT2D eigenvalue weighted by atomic mass is 32.2. The zero-order chi connectivity index (χ0) is 22.5. The maximum absolute atomic E-state index is 13.4. The quantitative estimate of drug-likeness (QED) is 0.477. The Kier molecular flexibility index (Phi) is 7.15. The van der Waals surface area contributed by atoms with E-state index in [0.717, 1.165) is 30.2 Å². The van der Waals surface area contributed by atoms with Crippen molar-refractivity contribution < 1.29 is 23.5 Å². The van der Waals surface area contributed by atoms with Gasteiger partial charge in [0.15, 0.2) is 11.5 Å². The van der Waals surface area contributed by atoms with Gasteiger partial charge in [-0.1, -0.05) is 37.5 Å². The summed E-state index contributed by atoms with van der Waals surface area (Å²) in [6.45, 7) is 0.714. The van der Waals surface area contributed by atoms with E-state index < -0.39 is 0 Å². The number of carbonyl (C=O) groups excluding carboxylic acids is 2. The van der Waals surface area contributed by atoms with Crippen LogP contribution in [0.5, 0.6) is 11.5 Å². The fraction of sp³-hybridized carbons (Fsp3) is 0.360. The van der Waals surface area contributed by atoms with Gasteiger partial charge in [-0.15, -0.1) is 0 Å². The lowest BCUT2D eigenvalue weighted by molar-refractivity contribution is -0.123. The lowest BCUT2D eigenvalue weighted by atomic mass is 9.89. The number of methoxy groups -OCH3 is 1. The first-order valence-electron chi connectivity index (χ1n) is 10.8. The van der Waals surface area contributed by atoms with Crippen molar-refractivity contribution in [3.63, 3.8) is 0 Å².